The summed E-state index contributed by atoms with van der Waals surface area (Å²) in [6.45, 7) is 21.9. The molecule has 0 aromatic heterocycles. The Kier molecular flexibility index (Phi) is 10.9. The van der Waals surface area contributed by atoms with Crippen LogP contribution in [0.25, 0.3) is 0 Å². The van der Waals surface area contributed by atoms with Crippen molar-refractivity contribution in [1.29, 1.82) is 0 Å². The van der Waals surface area contributed by atoms with Crippen LogP contribution in [0.2, 0.25) is 0 Å². The third-order valence-corrected chi connectivity index (χ3v) is 8.26. The van der Waals surface area contributed by atoms with E-state index in [9.17, 15) is 10.2 Å². The van der Waals surface area contributed by atoms with Crippen molar-refractivity contribution in [3.63, 3.8) is 0 Å². The Morgan fingerprint density at radius 1 is 0.683 bits per heavy atom. The number of hydrogen-bond donors (Lipinski definition) is 2. The van der Waals surface area contributed by atoms with Gasteiger partial charge < -0.3 is 10.2 Å². The molecule has 1 fully saturated rings. The maximum Gasteiger partial charge on any atom is 0.128 e. The summed E-state index contributed by atoms with van der Waals surface area (Å²) in [6, 6.07) is 8.95. The molecule has 0 amide bonds. The largest absolute Gasteiger partial charge is 0.507 e. The highest BCUT2D eigenvalue weighted by Crippen LogP contribution is 2.36. The van der Waals surface area contributed by atoms with Gasteiger partial charge in [-0.2, -0.15) is 0 Å². The van der Waals surface area contributed by atoms with Gasteiger partial charge in [-0.1, -0.05) is 81.4 Å². The molecule has 3 rings (SSSR count). The van der Waals surface area contributed by atoms with Gasteiger partial charge in [-0.15, -0.1) is 0 Å². The lowest BCUT2D eigenvalue weighted by Gasteiger charge is -2.23. The summed E-state index contributed by atoms with van der Waals surface area (Å²) in [5.74, 6) is 1.98. The molecule has 2 aromatic carbocycles. The summed E-state index contributed by atoms with van der Waals surface area (Å²) >= 11 is 0. The fourth-order valence-corrected chi connectivity index (χ4v) is 5.55. The van der Waals surface area contributed by atoms with E-state index in [1.807, 2.05) is 12.4 Å². The quantitative estimate of drug-likeness (QED) is 0.284. The highest BCUT2D eigenvalue weighted by atomic mass is 16.3. The third kappa shape index (κ3) is 9.45. The smallest absolute Gasteiger partial charge is 0.128 e. The SMILES string of the molecule is CC(C)CCc1cc(C=NC2CCC(N=Cc3cc(CCC(C)C)cc(C(C)(C)C)c3O)C2)c(O)c(C(C)(C)C)c1. The third-order valence-electron chi connectivity index (χ3n) is 8.26. The zero-order valence-electron chi connectivity index (χ0n) is 27.5. The van der Waals surface area contributed by atoms with Crippen molar-refractivity contribution in [3.05, 3.63) is 57.6 Å². The van der Waals surface area contributed by atoms with Gasteiger partial charge in [-0.05, 0) is 90.9 Å². The fraction of sp³-hybridized carbons (Fsp3) is 0.622. The molecule has 2 unspecified atom stereocenters. The molecule has 226 valence electrons. The molecule has 0 radical (unpaired) electrons. The minimum Gasteiger partial charge on any atom is -0.507 e. The van der Waals surface area contributed by atoms with Crippen molar-refractivity contribution in [2.75, 3.05) is 0 Å². The average molecular weight is 561 g/mol. The molecule has 4 nitrogen and oxygen atoms in total. The monoisotopic (exact) mass is 560 g/mol. The van der Waals surface area contributed by atoms with Crippen LogP contribution in [-0.2, 0) is 23.7 Å². The number of benzene rings is 2. The summed E-state index contributed by atoms with van der Waals surface area (Å²) in [5.41, 5.74) is 5.86. The predicted molar refractivity (Wildman–Crippen MR) is 177 cm³/mol. The molecule has 1 saturated carbocycles. The van der Waals surface area contributed by atoms with Gasteiger partial charge in [0, 0.05) is 34.7 Å². The molecular weight excluding hydrogens is 504 g/mol. The first kappa shape index (κ1) is 32.9. The number of aromatic hydroxyl groups is 2. The van der Waals surface area contributed by atoms with Crippen molar-refractivity contribution in [2.45, 2.75) is 137 Å². The first-order valence-electron chi connectivity index (χ1n) is 15.8. The van der Waals surface area contributed by atoms with E-state index in [1.165, 1.54) is 11.1 Å². The Morgan fingerprint density at radius 3 is 1.37 bits per heavy atom. The van der Waals surface area contributed by atoms with Crippen molar-refractivity contribution in [3.8, 4) is 11.5 Å². The Hall–Kier alpha value is -2.62. The zero-order chi connectivity index (χ0) is 30.5. The van der Waals surface area contributed by atoms with Gasteiger partial charge in [0.25, 0.3) is 0 Å². The second-order valence-electron chi connectivity index (χ2n) is 15.2. The van der Waals surface area contributed by atoms with E-state index in [0.29, 0.717) is 23.3 Å². The normalized spacial score (nSPS) is 18.5. The lowest BCUT2D eigenvalue weighted by molar-refractivity contribution is 0.444. The van der Waals surface area contributed by atoms with Crippen LogP contribution in [0.3, 0.4) is 0 Å². The molecular formula is C37H56N2O2. The molecule has 0 saturated heterocycles. The number of phenolic OH excluding ortho intramolecular Hbond substituents is 2. The van der Waals surface area contributed by atoms with Crippen molar-refractivity contribution in [1.82, 2.24) is 0 Å². The van der Waals surface area contributed by atoms with Crippen molar-refractivity contribution >= 4 is 12.4 Å². The second-order valence-corrected chi connectivity index (χ2v) is 15.2. The van der Waals surface area contributed by atoms with Crippen molar-refractivity contribution < 1.29 is 10.2 Å². The Bertz CT molecular complexity index is 1130. The molecule has 0 bridgehead atoms. The summed E-state index contributed by atoms with van der Waals surface area (Å²) in [4.78, 5) is 9.86. The summed E-state index contributed by atoms with van der Waals surface area (Å²) in [6.07, 6.45) is 10.9. The predicted octanol–water partition coefficient (Wildman–Crippen LogP) is 9.33. The van der Waals surface area contributed by atoms with E-state index in [-0.39, 0.29) is 22.9 Å². The van der Waals surface area contributed by atoms with Crippen LogP contribution in [0, 0.1) is 11.8 Å². The van der Waals surface area contributed by atoms with E-state index >= 15 is 0 Å². The van der Waals surface area contributed by atoms with Gasteiger partial charge in [0.1, 0.15) is 11.5 Å². The van der Waals surface area contributed by atoms with Crippen LogP contribution < -0.4 is 0 Å². The summed E-state index contributed by atoms with van der Waals surface area (Å²) < 4.78 is 0. The maximum atomic E-state index is 11.1. The van der Waals surface area contributed by atoms with E-state index in [2.05, 4.69) is 93.5 Å². The van der Waals surface area contributed by atoms with Crippen LogP contribution in [0.15, 0.2) is 34.3 Å². The number of nitrogens with zero attached hydrogens (tertiary/aromatic N) is 2. The number of aryl methyl sites for hydroxylation is 2. The van der Waals surface area contributed by atoms with Gasteiger partial charge in [0.15, 0.2) is 0 Å². The lowest BCUT2D eigenvalue weighted by atomic mass is 9.83. The molecule has 2 aromatic rings. The van der Waals surface area contributed by atoms with Gasteiger partial charge >= 0.3 is 0 Å². The minimum atomic E-state index is -0.141. The van der Waals surface area contributed by atoms with Crippen LogP contribution in [0.1, 0.15) is 135 Å². The Labute approximate surface area is 250 Å². The average Bonchev–Trinajstić information content (AvgIpc) is 3.32. The fourth-order valence-electron chi connectivity index (χ4n) is 5.55. The highest BCUT2D eigenvalue weighted by molar-refractivity contribution is 5.86. The Balaban J connectivity index is 1.77. The van der Waals surface area contributed by atoms with Gasteiger partial charge in [-0.25, -0.2) is 0 Å². The minimum absolute atomic E-state index is 0.141. The lowest BCUT2D eigenvalue weighted by Crippen LogP contribution is -2.13. The number of phenols is 2. The molecule has 0 aliphatic heterocycles. The first-order valence-corrected chi connectivity index (χ1v) is 15.8. The molecule has 41 heavy (non-hydrogen) atoms. The molecule has 1 aliphatic carbocycles. The molecule has 4 heteroatoms. The topological polar surface area (TPSA) is 65.2 Å². The maximum absolute atomic E-state index is 11.1. The molecule has 2 N–H and O–H groups in total. The van der Waals surface area contributed by atoms with Crippen molar-refractivity contribution in [2.24, 2.45) is 21.8 Å². The molecule has 1 aliphatic rings. The Morgan fingerprint density at radius 2 is 1.05 bits per heavy atom. The van der Waals surface area contributed by atoms with E-state index in [4.69, 9.17) is 9.98 Å². The van der Waals surface area contributed by atoms with Gasteiger partial charge in [0.2, 0.25) is 0 Å². The van der Waals surface area contributed by atoms with Gasteiger partial charge in [0.05, 0.1) is 12.1 Å². The second kappa shape index (κ2) is 13.6. The number of rotatable bonds is 10. The van der Waals surface area contributed by atoms with E-state index in [1.54, 1.807) is 0 Å². The number of hydrogen-bond acceptors (Lipinski definition) is 4. The van der Waals surface area contributed by atoms with Crippen LogP contribution >= 0.6 is 0 Å². The number of aliphatic imine (C=N–C) groups is 2. The van der Waals surface area contributed by atoms with Crippen LogP contribution in [0.4, 0.5) is 0 Å². The summed E-state index contributed by atoms with van der Waals surface area (Å²) in [7, 11) is 0. The van der Waals surface area contributed by atoms with Gasteiger partial charge in [-0.3, -0.25) is 9.98 Å². The van der Waals surface area contributed by atoms with Crippen LogP contribution in [0.5, 0.6) is 11.5 Å². The van der Waals surface area contributed by atoms with Crippen LogP contribution in [-0.4, -0.2) is 34.7 Å². The van der Waals surface area contributed by atoms with E-state index in [0.717, 1.165) is 67.2 Å². The standard InChI is InChI=1S/C37H56N2O2/c1-24(2)11-13-26-17-28(34(40)32(19-26)36(5,6)7)22-38-30-15-16-31(21-30)39-23-29-18-27(14-12-25(3)4)20-33(35(29)41)37(8,9)10/h17-20,22-25,30-31,40-41H,11-16,21H2,1-10H3. The molecule has 2 atom stereocenters. The molecule has 0 heterocycles. The molecule has 0 spiro atoms. The summed E-state index contributed by atoms with van der Waals surface area (Å²) in [5, 5.41) is 22.2. The van der Waals surface area contributed by atoms with E-state index < -0.39 is 0 Å². The highest BCUT2D eigenvalue weighted by Gasteiger charge is 2.25. The first-order chi connectivity index (χ1) is 19.0. The zero-order valence-corrected chi connectivity index (χ0v) is 27.5.